The fraction of sp³-hybridized carbons (Fsp3) is 0.611. The van der Waals surface area contributed by atoms with Crippen molar-refractivity contribution in [3.63, 3.8) is 0 Å². The number of aryl methyl sites for hydroxylation is 2. The van der Waals surface area contributed by atoms with Crippen LogP contribution in [0.25, 0.3) is 0 Å². The Balaban J connectivity index is 2.21. The van der Waals surface area contributed by atoms with Crippen molar-refractivity contribution in [1.82, 2.24) is 5.32 Å². The number of carbonyl (C=O) groups excluding carboxylic acids is 1. The topological polar surface area (TPSA) is 38.3 Å². The first-order valence-electron chi connectivity index (χ1n) is 8.03. The summed E-state index contributed by atoms with van der Waals surface area (Å²) >= 11 is 0. The highest BCUT2D eigenvalue weighted by molar-refractivity contribution is 5.78. The van der Waals surface area contributed by atoms with Gasteiger partial charge in [0.1, 0.15) is 6.04 Å². The second kappa shape index (κ2) is 7.60. The summed E-state index contributed by atoms with van der Waals surface area (Å²) in [6.45, 7) is 4.11. The zero-order chi connectivity index (χ0) is 15.2. The van der Waals surface area contributed by atoms with Gasteiger partial charge in [-0.05, 0) is 37.8 Å². The standard InChI is InChI=1S/C18H27NO2/c1-13-10-11-14(2)16(12-13)17(18(20)21-3)19-15-8-6-4-5-7-9-15/h10-12,15,17,19H,4-9H2,1-3H3. The molecule has 1 aliphatic rings. The van der Waals surface area contributed by atoms with Gasteiger partial charge in [0.05, 0.1) is 7.11 Å². The van der Waals surface area contributed by atoms with E-state index < -0.39 is 0 Å². The molecule has 1 atom stereocenters. The molecule has 21 heavy (non-hydrogen) atoms. The van der Waals surface area contributed by atoms with Gasteiger partial charge in [0.15, 0.2) is 0 Å². The first-order valence-corrected chi connectivity index (χ1v) is 8.03. The number of hydrogen-bond donors (Lipinski definition) is 1. The Morgan fingerprint density at radius 2 is 1.86 bits per heavy atom. The normalized spacial score (nSPS) is 18.0. The molecule has 0 aromatic heterocycles. The second-order valence-electron chi connectivity index (χ2n) is 6.17. The molecule has 1 aromatic carbocycles. The smallest absolute Gasteiger partial charge is 0.327 e. The number of benzene rings is 1. The maximum absolute atomic E-state index is 12.3. The summed E-state index contributed by atoms with van der Waals surface area (Å²) in [6.07, 6.45) is 7.42. The van der Waals surface area contributed by atoms with Crippen molar-refractivity contribution in [1.29, 1.82) is 0 Å². The Kier molecular flexibility index (Phi) is 5.80. The Bertz CT molecular complexity index is 476. The van der Waals surface area contributed by atoms with E-state index in [9.17, 15) is 4.79 Å². The number of ether oxygens (including phenoxy) is 1. The molecule has 3 heteroatoms. The quantitative estimate of drug-likeness (QED) is 0.676. The van der Waals surface area contributed by atoms with E-state index in [1.807, 2.05) is 0 Å². The highest BCUT2D eigenvalue weighted by atomic mass is 16.5. The van der Waals surface area contributed by atoms with Gasteiger partial charge in [-0.2, -0.15) is 0 Å². The molecule has 0 radical (unpaired) electrons. The average Bonchev–Trinajstić information content (AvgIpc) is 2.75. The largest absolute Gasteiger partial charge is 0.468 e. The van der Waals surface area contributed by atoms with Crippen molar-refractivity contribution in [2.45, 2.75) is 64.5 Å². The molecule has 0 bridgehead atoms. The minimum atomic E-state index is -0.349. The SMILES string of the molecule is COC(=O)C(NC1CCCCCC1)c1cc(C)ccc1C. The number of hydrogen-bond acceptors (Lipinski definition) is 3. The molecule has 1 fully saturated rings. The van der Waals surface area contributed by atoms with Crippen LogP contribution in [0.5, 0.6) is 0 Å². The summed E-state index contributed by atoms with van der Waals surface area (Å²) in [7, 11) is 1.47. The average molecular weight is 289 g/mol. The van der Waals surface area contributed by atoms with Crippen LogP contribution in [0.4, 0.5) is 0 Å². The lowest BCUT2D eigenvalue weighted by Crippen LogP contribution is -2.37. The molecule has 116 valence electrons. The molecular formula is C18H27NO2. The van der Waals surface area contributed by atoms with Gasteiger partial charge in [-0.25, -0.2) is 4.79 Å². The van der Waals surface area contributed by atoms with Crippen LogP contribution in [0.15, 0.2) is 18.2 Å². The van der Waals surface area contributed by atoms with E-state index in [4.69, 9.17) is 4.74 Å². The second-order valence-corrected chi connectivity index (χ2v) is 6.17. The molecule has 2 rings (SSSR count). The Hall–Kier alpha value is -1.35. The monoisotopic (exact) mass is 289 g/mol. The number of esters is 1. The van der Waals surface area contributed by atoms with E-state index in [0.29, 0.717) is 6.04 Å². The third kappa shape index (κ3) is 4.31. The van der Waals surface area contributed by atoms with Gasteiger partial charge in [0.25, 0.3) is 0 Å². The molecule has 1 N–H and O–H groups in total. The van der Waals surface area contributed by atoms with Crippen molar-refractivity contribution >= 4 is 5.97 Å². The minimum Gasteiger partial charge on any atom is -0.468 e. The van der Waals surface area contributed by atoms with Gasteiger partial charge >= 0.3 is 5.97 Å². The van der Waals surface area contributed by atoms with E-state index in [1.165, 1.54) is 38.4 Å². The van der Waals surface area contributed by atoms with Crippen molar-refractivity contribution in [3.05, 3.63) is 34.9 Å². The zero-order valence-electron chi connectivity index (χ0n) is 13.4. The van der Waals surface area contributed by atoms with Crippen molar-refractivity contribution < 1.29 is 9.53 Å². The number of methoxy groups -OCH3 is 1. The molecule has 1 aliphatic carbocycles. The molecule has 1 unspecified atom stereocenters. The first kappa shape index (κ1) is 16.0. The lowest BCUT2D eigenvalue weighted by Gasteiger charge is -2.25. The van der Waals surface area contributed by atoms with E-state index in [0.717, 1.165) is 24.0 Å². The van der Waals surface area contributed by atoms with Crippen LogP contribution in [-0.4, -0.2) is 19.1 Å². The fourth-order valence-corrected chi connectivity index (χ4v) is 3.16. The zero-order valence-corrected chi connectivity index (χ0v) is 13.4. The van der Waals surface area contributed by atoms with Crippen LogP contribution in [0.1, 0.15) is 61.3 Å². The van der Waals surface area contributed by atoms with Crippen LogP contribution in [0.2, 0.25) is 0 Å². The van der Waals surface area contributed by atoms with Gasteiger partial charge in [-0.15, -0.1) is 0 Å². The molecule has 0 saturated heterocycles. The van der Waals surface area contributed by atoms with Gasteiger partial charge in [0.2, 0.25) is 0 Å². The van der Waals surface area contributed by atoms with Gasteiger partial charge in [-0.1, -0.05) is 49.4 Å². The Labute approximate surface area is 128 Å². The number of carbonyl (C=O) groups is 1. The first-order chi connectivity index (χ1) is 10.1. The van der Waals surface area contributed by atoms with E-state index in [-0.39, 0.29) is 12.0 Å². The molecule has 0 amide bonds. The molecule has 3 nitrogen and oxygen atoms in total. The van der Waals surface area contributed by atoms with Crippen molar-refractivity contribution in [3.8, 4) is 0 Å². The Morgan fingerprint density at radius 1 is 1.19 bits per heavy atom. The predicted molar refractivity (Wildman–Crippen MR) is 85.3 cm³/mol. The number of nitrogens with one attached hydrogen (secondary N) is 1. The van der Waals surface area contributed by atoms with Crippen LogP contribution in [-0.2, 0) is 9.53 Å². The number of rotatable bonds is 4. The van der Waals surface area contributed by atoms with Gasteiger partial charge in [-0.3, -0.25) is 5.32 Å². The Morgan fingerprint density at radius 3 is 2.48 bits per heavy atom. The lowest BCUT2D eigenvalue weighted by molar-refractivity contribution is -0.143. The van der Waals surface area contributed by atoms with Crippen molar-refractivity contribution in [2.75, 3.05) is 7.11 Å². The summed E-state index contributed by atoms with van der Waals surface area (Å²) in [5.41, 5.74) is 3.36. The summed E-state index contributed by atoms with van der Waals surface area (Å²) in [5, 5.41) is 3.56. The fourth-order valence-electron chi connectivity index (χ4n) is 3.16. The van der Waals surface area contributed by atoms with Crippen LogP contribution < -0.4 is 5.32 Å². The minimum absolute atomic E-state index is 0.187. The van der Waals surface area contributed by atoms with E-state index in [1.54, 1.807) is 0 Å². The third-order valence-corrected chi connectivity index (χ3v) is 4.44. The van der Waals surface area contributed by atoms with E-state index >= 15 is 0 Å². The van der Waals surface area contributed by atoms with Gasteiger partial charge in [0, 0.05) is 6.04 Å². The van der Waals surface area contributed by atoms with Crippen LogP contribution in [0, 0.1) is 13.8 Å². The molecule has 1 aromatic rings. The van der Waals surface area contributed by atoms with Gasteiger partial charge < -0.3 is 4.74 Å². The summed E-state index contributed by atoms with van der Waals surface area (Å²) in [5.74, 6) is -0.187. The highest BCUT2D eigenvalue weighted by Crippen LogP contribution is 2.24. The maximum Gasteiger partial charge on any atom is 0.327 e. The summed E-state index contributed by atoms with van der Waals surface area (Å²) < 4.78 is 5.03. The molecule has 1 saturated carbocycles. The molecule has 0 aliphatic heterocycles. The predicted octanol–water partition coefficient (Wildman–Crippen LogP) is 3.83. The van der Waals surface area contributed by atoms with Crippen molar-refractivity contribution in [2.24, 2.45) is 0 Å². The summed E-state index contributed by atoms with van der Waals surface area (Å²) in [4.78, 5) is 12.3. The highest BCUT2D eigenvalue weighted by Gasteiger charge is 2.26. The molecule has 0 heterocycles. The molecule has 0 spiro atoms. The maximum atomic E-state index is 12.3. The third-order valence-electron chi connectivity index (χ3n) is 4.44. The van der Waals surface area contributed by atoms with E-state index in [2.05, 4.69) is 37.4 Å². The van der Waals surface area contributed by atoms with Crippen LogP contribution >= 0.6 is 0 Å². The molecular weight excluding hydrogens is 262 g/mol. The van der Waals surface area contributed by atoms with Crippen LogP contribution in [0.3, 0.4) is 0 Å². The summed E-state index contributed by atoms with van der Waals surface area (Å²) in [6, 6.07) is 6.32. The lowest BCUT2D eigenvalue weighted by atomic mass is 9.97.